The molecule has 0 aliphatic heterocycles. The molecule has 0 aromatic rings. The minimum Gasteiger partial charge on any atom is -0.515 e. The van der Waals surface area contributed by atoms with Crippen molar-refractivity contribution in [1.82, 2.24) is 0 Å². The zero-order chi connectivity index (χ0) is 17.3. The normalized spacial score (nSPS) is 55.8. The molecule has 4 saturated carbocycles. The van der Waals surface area contributed by atoms with Crippen LogP contribution in [-0.4, -0.2) is 21.6 Å². The highest BCUT2D eigenvalue weighted by Gasteiger charge is 2.63. The number of aliphatic hydroxyl groups excluding tert-OH is 1. The molecule has 0 amide bonds. The maximum absolute atomic E-state index is 12.2. The molecule has 3 nitrogen and oxygen atoms in total. The number of aliphatic hydroxyl groups is 2. The fourth-order valence-corrected chi connectivity index (χ4v) is 7.37. The molecule has 134 valence electrons. The lowest BCUT2D eigenvalue weighted by Gasteiger charge is -2.61. The third kappa shape index (κ3) is 1.97. The molecule has 0 saturated heterocycles. The van der Waals surface area contributed by atoms with Gasteiger partial charge in [-0.15, -0.1) is 0 Å². The van der Waals surface area contributed by atoms with Gasteiger partial charge in [-0.2, -0.15) is 0 Å². The van der Waals surface area contributed by atoms with E-state index >= 15 is 0 Å². The van der Waals surface area contributed by atoms with E-state index in [2.05, 4.69) is 13.8 Å². The number of fused-ring (bicyclic) bond motifs is 5. The Labute approximate surface area is 145 Å². The summed E-state index contributed by atoms with van der Waals surface area (Å²) in [5, 5.41) is 20.5. The molecule has 4 fully saturated rings. The SMILES string of the molecule is C[C@]12C/C(=C\O)C(=O)C[C@H]1CC[C@H]1[C@H]2CC[C@]2(C)[C@@H]1CC[C@]2(C)O. The molecule has 0 spiro atoms. The molecule has 24 heavy (non-hydrogen) atoms. The van der Waals surface area contributed by atoms with Crippen LogP contribution in [0, 0.1) is 34.5 Å². The molecular formula is C21H32O3. The summed E-state index contributed by atoms with van der Waals surface area (Å²) >= 11 is 0. The molecular weight excluding hydrogens is 300 g/mol. The van der Waals surface area contributed by atoms with E-state index in [0.717, 1.165) is 44.8 Å². The molecule has 0 heterocycles. The van der Waals surface area contributed by atoms with Gasteiger partial charge in [0.05, 0.1) is 11.9 Å². The van der Waals surface area contributed by atoms with Crippen molar-refractivity contribution in [2.75, 3.05) is 0 Å². The number of allylic oxidation sites excluding steroid dienone is 1. The number of carbonyl (C=O) groups is 1. The molecule has 3 heteroatoms. The summed E-state index contributed by atoms with van der Waals surface area (Å²) in [5.41, 5.74) is 0.304. The van der Waals surface area contributed by atoms with Crippen molar-refractivity contribution in [2.45, 2.75) is 77.7 Å². The second-order valence-electron chi connectivity index (χ2n) is 9.88. The number of rotatable bonds is 0. The van der Waals surface area contributed by atoms with E-state index in [1.807, 2.05) is 6.92 Å². The van der Waals surface area contributed by atoms with Gasteiger partial charge in [0.15, 0.2) is 5.78 Å². The van der Waals surface area contributed by atoms with Crippen molar-refractivity contribution in [3.63, 3.8) is 0 Å². The van der Waals surface area contributed by atoms with Gasteiger partial charge in [-0.3, -0.25) is 4.79 Å². The van der Waals surface area contributed by atoms with Crippen LogP contribution >= 0.6 is 0 Å². The quantitative estimate of drug-likeness (QED) is 0.510. The van der Waals surface area contributed by atoms with Crippen molar-refractivity contribution in [2.24, 2.45) is 34.5 Å². The Morgan fingerprint density at radius 1 is 1.04 bits per heavy atom. The first-order valence-electron chi connectivity index (χ1n) is 9.82. The summed E-state index contributed by atoms with van der Waals surface area (Å²) in [5.74, 6) is 2.55. The van der Waals surface area contributed by atoms with Crippen molar-refractivity contribution in [3.8, 4) is 0 Å². The highest BCUT2D eigenvalue weighted by Crippen LogP contribution is 2.68. The minimum atomic E-state index is -0.529. The largest absolute Gasteiger partial charge is 0.515 e. The first-order chi connectivity index (χ1) is 11.2. The van der Waals surface area contributed by atoms with E-state index in [4.69, 9.17) is 0 Å². The molecule has 4 rings (SSSR count). The number of hydrogen-bond donors (Lipinski definition) is 2. The van der Waals surface area contributed by atoms with Gasteiger partial charge in [-0.1, -0.05) is 13.8 Å². The van der Waals surface area contributed by atoms with Crippen molar-refractivity contribution in [1.29, 1.82) is 0 Å². The van der Waals surface area contributed by atoms with Gasteiger partial charge in [0.25, 0.3) is 0 Å². The predicted octanol–water partition coefficient (Wildman–Crippen LogP) is 4.40. The number of carbonyl (C=O) groups excluding carboxylic acids is 1. The lowest BCUT2D eigenvalue weighted by Crippen LogP contribution is -2.56. The molecule has 4 aliphatic carbocycles. The van der Waals surface area contributed by atoms with Gasteiger partial charge in [0, 0.05) is 12.0 Å². The molecule has 0 bridgehead atoms. The fourth-order valence-electron chi connectivity index (χ4n) is 7.37. The summed E-state index contributed by atoms with van der Waals surface area (Å²) in [6.45, 7) is 6.74. The summed E-state index contributed by atoms with van der Waals surface area (Å²) in [6.07, 6.45) is 9.11. The highest BCUT2D eigenvalue weighted by molar-refractivity contribution is 5.96. The third-order valence-electron chi connectivity index (χ3n) is 9.14. The summed E-state index contributed by atoms with van der Waals surface area (Å²) in [4.78, 5) is 12.2. The van der Waals surface area contributed by atoms with E-state index in [1.54, 1.807) is 0 Å². The lowest BCUT2D eigenvalue weighted by molar-refractivity contribution is -0.147. The second-order valence-corrected chi connectivity index (χ2v) is 9.88. The van der Waals surface area contributed by atoms with Crippen LogP contribution in [0.1, 0.15) is 72.1 Å². The van der Waals surface area contributed by atoms with Crippen LogP contribution in [0.3, 0.4) is 0 Å². The van der Waals surface area contributed by atoms with Gasteiger partial charge in [-0.25, -0.2) is 0 Å². The second kappa shape index (κ2) is 5.09. The van der Waals surface area contributed by atoms with E-state index in [9.17, 15) is 15.0 Å². The van der Waals surface area contributed by atoms with Crippen LogP contribution < -0.4 is 0 Å². The Balaban J connectivity index is 1.67. The molecule has 4 aliphatic rings. The highest BCUT2D eigenvalue weighted by atomic mass is 16.3. The van der Waals surface area contributed by atoms with Gasteiger partial charge >= 0.3 is 0 Å². The topological polar surface area (TPSA) is 57.5 Å². The van der Waals surface area contributed by atoms with Crippen LogP contribution in [0.5, 0.6) is 0 Å². The van der Waals surface area contributed by atoms with Gasteiger partial charge in [0.2, 0.25) is 0 Å². The van der Waals surface area contributed by atoms with E-state index in [-0.39, 0.29) is 16.6 Å². The van der Waals surface area contributed by atoms with Crippen LogP contribution in [0.15, 0.2) is 11.8 Å². The van der Waals surface area contributed by atoms with Crippen LogP contribution in [0.2, 0.25) is 0 Å². The first-order valence-corrected chi connectivity index (χ1v) is 9.82. The Hall–Kier alpha value is -0.830. The number of Topliss-reactive ketones (excluding diaryl/α,β-unsaturated/α-hetero) is 1. The minimum absolute atomic E-state index is 0.0531. The van der Waals surface area contributed by atoms with Gasteiger partial charge in [0.1, 0.15) is 0 Å². The van der Waals surface area contributed by atoms with E-state index in [0.29, 0.717) is 35.7 Å². The smallest absolute Gasteiger partial charge is 0.162 e. The Bertz CT molecular complexity index is 592. The maximum atomic E-state index is 12.2. The third-order valence-corrected chi connectivity index (χ3v) is 9.14. The fraction of sp³-hybridized carbons (Fsp3) is 0.857. The van der Waals surface area contributed by atoms with Crippen molar-refractivity contribution in [3.05, 3.63) is 11.8 Å². The van der Waals surface area contributed by atoms with Crippen molar-refractivity contribution < 1.29 is 15.0 Å². The molecule has 2 N–H and O–H groups in total. The maximum Gasteiger partial charge on any atom is 0.162 e. The van der Waals surface area contributed by atoms with Gasteiger partial charge < -0.3 is 10.2 Å². The molecule has 0 aromatic heterocycles. The lowest BCUT2D eigenvalue weighted by atomic mass is 9.44. The van der Waals surface area contributed by atoms with Gasteiger partial charge in [-0.05, 0) is 86.4 Å². The zero-order valence-corrected chi connectivity index (χ0v) is 15.3. The van der Waals surface area contributed by atoms with Crippen LogP contribution in [0.4, 0.5) is 0 Å². The summed E-state index contributed by atoms with van der Waals surface area (Å²) in [6, 6.07) is 0. The number of hydrogen-bond acceptors (Lipinski definition) is 3. The van der Waals surface area contributed by atoms with Crippen molar-refractivity contribution >= 4 is 5.78 Å². The Morgan fingerprint density at radius 2 is 1.75 bits per heavy atom. The average molecular weight is 332 g/mol. The molecule has 0 radical (unpaired) electrons. The molecule has 0 aromatic carbocycles. The summed E-state index contributed by atoms with van der Waals surface area (Å²) < 4.78 is 0. The van der Waals surface area contributed by atoms with Crippen LogP contribution in [0.25, 0.3) is 0 Å². The zero-order valence-electron chi connectivity index (χ0n) is 15.3. The van der Waals surface area contributed by atoms with E-state index < -0.39 is 5.60 Å². The predicted molar refractivity (Wildman–Crippen MR) is 93.5 cm³/mol. The average Bonchev–Trinajstić information content (AvgIpc) is 2.77. The van der Waals surface area contributed by atoms with Crippen LogP contribution in [-0.2, 0) is 4.79 Å². The first kappa shape index (κ1) is 16.6. The standard InChI is InChI=1S/C21H32O3/c1-19-11-13(12-22)18(23)10-14(19)4-5-15-16(19)6-8-20(2)17(15)7-9-21(20,3)24/h12,14-17,22,24H,4-11H2,1-3H3/b13-12+/t14-,15+,16-,17-,19+,20-,21+/m1/s1. The van der Waals surface area contributed by atoms with E-state index in [1.165, 1.54) is 6.42 Å². The molecule has 0 unspecified atom stereocenters. The Kier molecular flexibility index (Phi) is 3.53. The summed E-state index contributed by atoms with van der Waals surface area (Å²) in [7, 11) is 0. The number of ketones is 1. The Morgan fingerprint density at radius 3 is 2.46 bits per heavy atom. The monoisotopic (exact) mass is 332 g/mol. The molecule has 7 atom stereocenters.